The summed E-state index contributed by atoms with van der Waals surface area (Å²) in [6.45, 7) is 16.2. The van der Waals surface area contributed by atoms with Gasteiger partial charge in [0.25, 0.3) is 5.91 Å². The van der Waals surface area contributed by atoms with Gasteiger partial charge in [-0.1, -0.05) is 0 Å². The van der Waals surface area contributed by atoms with Crippen LogP contribution in [0.2, 0.25) is 0 Å². The van der Waals surface area contributed by atoms with Crippen LogP contribution in [-0.4, -0.2) is 78.0 Å². The zero-order valence-corrected chi connectivity index (χ0v) is 20.0. The molecule has 2 aromatic rings. The molecule has 8 nitrogen and oxygen atoms in total. The largest absolute Gasteiger partial charge is 0.490 e. The number of aryl methyl sites for hydroxylation is 2. The van der Waals surface area contributed by atoms with Gasteiger partial charge in [0.05, 0.1) is 32.1 Å². The Morgan fingerprint density at radius 3 is 1.97 bits per heavy atom. The molecule has 1 aliphatic heterocycles. The number of ether oxygens (including phenoxy) is 3. The van der Waals surface area contributed by atoms with E-state index in [1.165, 1.54) is 5.69 Å². The van der Waals surface area contributed by atoms with Crippen molar-refractivity contribution in [2.24, 2.45) is 0 Å². The van der Waals surface area contributed by atoms with Crippen LogP contribution in [0.4, 0.5) is 0 Å². The summed E-state index contributed by atoms with van der Waals surface area (Å²) >= 11 is 0. The molecule has 0 spiro atoms. The number of benzene rings is 1. The smallest absolute Gasteiger partial charge is 0.254 e. The Morgan fingerprint density at radius 2 is 1.47 bits per heavy atom. The zero-order chi connectivity index (χ0) is 23.1. The Labute approximate surface area is 191 Å². The maximum Gasteiger partial charge on any atom is 0.254 e. The summed E-state index contributed by atoms with van der Waals surface area (Å²) in [5.41, 5.74) is 2.80. The Balaban J connectivity index is 1.65. The lowest BCUT2D eigenvalue weighted by Crippen LogP contribution is -2.49. The van der Waals surface area contributed by atoms with Gasteiger partial charge in [0, 0.05) is 44.0 Å². The number of hydrogen-bond donors (Lipinski definition) is 0. The van der Waals surface area contributed by atoms with E-state index in [4.69, 9.17) is 14.2 Å². The normalized spacial score (nSPS) is 14.5. The van der Waals surface area contributed by atoms with Crippen LogP contribution in [0.1, 0.15) is 42.5 Å². The fraction of sp³-hybridized carbons (Fsp3) is 0.583. The third kappa shape index (κ3) is 5.73. The van der Waals surface area contributed by atoms with E-state index in [9.17, 15) is 4.79 Å². The zero-order valence-electron chi connectivity index (χ0n) is 20.0. The maximum absolute atomic E-state index is 13.3. The molecular weight excluding hydrogens is 408 g/mol. The Bertz CT molecular complexity index is 876. The summed E-state index contributed by atoms with van der Waals surface area (Å²) in [5, 5.41) is 4.54. The first-order valence-electron chi connectivity index (χ1n) is 11.6. The van der Waals surface area contributed by atoms with Crippen molar-refractivity contribution in [3.8, 4) is 17.2 Å². The minimum atomic E-state index is -0.00634. The summed E-state index contributed by atoms with van der Waals surface area (Å²) < 4.78 is 19.3. The van der Waals surface area contributed by atoms with Gasteiger partial charge in [0.1, 0.15) is 0 Å². The predicted molar refractivity (Wildman–Crippen MR) is 124 cm³/mol. The number of carbonyl (C=O) groups excluding carboxylic acids is 1. The quantitative estimate of drug-likeness (QED) is 0.561. The molecule has 176 valence electrons. The Hall–Kier alpha value is -2.74. The van der Waals surface area contributed by atoms with E-state index in [-0.39, 0.29) is 5.91 Å². The van der Waals surface area contributed by atoms with Crippen molar-refractivity contribution in [1.29, 1.82) is 0 Å². The predicted octanol–water partition coefficient (Wildman–Crippen LogP) is 3.15. The highest BCUT2D eigenvalue weighted by atomic mass is 16.5. The Morgan fingerprint density at radius 1 is 0.875 bits per heavy atom. The van der Waals surface area contributed by atoms with Crippen molar-refractivity contribution >= 4 is 5.91 Å². The van der Waals surface area contributed by atoms with E-state index >= 15 is 0 Å². The molecule has 32 heavy (non-hydrogen) atoms. The molecule has 1 saturated heterocycles. The molecule has 0 atom stereocenters. The van der Waals surface area contributed by atoms with E-state index in [0.29, 0.717) is 55.7 Å². The molecule has 0 saturated carbocycles. The van der Waals surface area contributed by atoms with Crippen LogP contribution in [0.5, 0.6) is 17.2 Å². The van der Waals surface area contributed by atoms with Crippen molar-refractivity contribution in [2.45, 2.75) is 41.2 Å². The van der Waals surface area contributed by atoms with Gasteiger partial charge >= 0.3 is 0 Å². The SMILES string of the molecule is CCOc1cc(C(=O)N2CCN(CCn3nc(C)cc3C)CC2)cc(OCC)c1OCC. The van der Waals surface area contributed by atoms with Gasteiger partial charge in [-0.15, -0.1) is 0 Å². The van der Waals surface area contributed by atoms with Crippen molar-refractivity contribution in [1.82, 2.24) is 19.6 Å². The molecule has 0 bridgehead atoms. The third-order valence-electron chi connectivity index (χ3n) is 5.55. The second-order valence-corrected chi connectivity index (χ2v) is 7.88. The average molecular weight is 445 g/mol. The number of hydrogen-bond acceptors (Lipinski definition) is 6. The maximum atomic E-state index is 13.3. The van der Waals surface area contributed by atoms with Gasteiger partial charge in [-0.3, -0.25) is 14.4 Å². The molecule has 1 aromatic heterocycles. The van der Waals surface area contributed by atoms with Gasteiger partial charge in [-0.05, 0) is 52.8 Å². The summed E-state index contributed by atoms with van der Waals surface area (Å²) in [5.74, 6) is 1.65. The fourth-order valence-corrected chi connectivity index (χ4v) is 4.01. The molecule has 1 amide bonds. The Kier molecular flexibility index (Phi) is 8.39. The van der Waals surface area contributed by atoms with Crippen LogP contribution in [0.3, 0.4) is 0 Å². The minimum Gasteiger partial charge on any atom is -0.490 e. The van der Waals surface area contributed by atoms with Gasteiger partial charge in [-0.2, -0.15) is 5.10 Å². The van der Waals surface area contributed by atoms with Crippen LogP contribution >= 0.6 is 0 Å². The summed E-state index contributed by atoms with van der Waals surface area (Å²) in [4.78, 5) is 17.5. The van der Waals surface area contributed by atoms with Crippen molar-refractivity contribution in [3.05, 3.63) is 35.2 Å². The molecule has 2 heterocycles. The number of carbonyl (C=O) groups is 1. The number of piperazine rings is 1. The monoisotopic (exact) mass is 444 g/mol. The lowest BCUT2D eigenvalue weighted by molar-refractivity contribution is 0.0630. The molecule has 0 unspecified atom stereocenters. The van der Waals surface area contributed by atoms with E-state index in [2.05, 4.69) is 27.7 Å². The second kappa shape index (κ2) is 11.2. The van der Waals surface area contributed by atoms with E-state index in [0.717, 1.165) is 31.9 Å². The fourth-order valence-electron chi connectivity index (χ4n) is 4.01. The highest BCUT2D eigenvalue weighted by Crippen LogP contribution is 2.39. The molecule has 0 N–H and O–H groups in total. The number of nitrogens with zero attached hydrogens (tertiary/aromatic N) is 4. The lowest BCUT2D eigenvalue weighted by atomic mass is 10.1. The first-order chi connectivity index (χ1) is 15.5. The summed E-state index contributed by atoms with van der Waals surface area (Å²) in [7, 11) is 0. The van der Waals surface area contributed by atoms with Gasteiger partial charge in [-0.25, -0.2) is 0 Å². The molecule has 0 radical (unpaired) electrons. The molecule has 1 aliphatic rings. The van der Waals surface area contributed by atoms with Crippen molar-refractivity contribution in [2.75, 3.05) is 52.5 Å². The molecule has 3 rings (SSSR count). The van der Waals surface area contributed by atoms with Gasteiger partial charge in [0.15, 0.2) is 11.5 Å². The highest BCUT2D eigenvalue weighted by Gasteiger charge is 2.25. The second-order valence-electron chi connectivity index (χ2n) is 7.88. The van der Waals surface area contributed by atoms with Crippen molar-refractivity contribution < 1.29 is 19.0 Å². The van der Waals surface area contributed by atoms with Crippen LogP contribution in [0.15, 0.2) is 18.2 Å². The number of aromatic nitrogens is 2. The van der Waals surface area contributed by atoms with Crippen LogP contribution in [0.25, 0.3) is 0 Å². The minimum absolute atomic E-state index is 0.00634. The number of rotatable bonds is 10. The first-order valence-corrected chi connectivity index (χ1v) is 11.6. The van der Waals surface area contributed by atoms with E-state index < -0.39 is 0 Å². The topological polar surface area (TPSA) is 69.1 Å². The molecular formula is C24H36N4O4. The van der Waals surface area contributed by atoms with Crippen LogP contribution in [0, 0.1) is 13.8 Å². The standard InChI is InChI=1S/C24H36N4O4/c1-6-30-21-16-20(17-22(31-7-2)23(21)32-8-3)24(29)27-12-9-26(10-13-27)11-14-28-19(5)15-18(4)25-28/h15-17H,6-14H2,1-5H3. The number of amides is 1. The average Bonchev–Trinajstić information content (AvgIpc) is 3.11. The summed E-state index contributed by atoms with van der Waals surface area (Å²) in [6, 6.07) is 5.64. The molecule has 1 fully saturated rings. The highest BCUT2D eigenvalue weighted by molar-refractivity contribution is 5.95. The first kappa shape index (κ1) is 23.9. The molecule has 8 heteroatoms. The van der Waals surface area contributed by atoms with Crippen LogP contribution < -0.4 is 14.2 Å². The van der Waals surface area contributed by atoms with E-state index in [1.807, 2.05) is 32.6 Å². The van der Waals surface area contributed by atoms with Crippen molar-refractivity contribution in [3.63, 3.8) is 0 Å². The lowest BCUT2D eigenvalue weighted by Gasteiger charge is -2.35. The van der Waals surface area contributed by atoms with Gasteiger partial charge < -0.3 is 19.1 Å². The third-order valence-corrected chi connectivity index (χ3v) is 5.55. The van der Waals surface area contributed by atoms with E-state index in [1.54, 1.807) is 12.1 Å². The summed E-state index contributed by atoms with van der Waals surface area (Å²) in [6.07, 6.45) is 0. The molecule has 0 aliphatic carbocycles. The van der Waals surface area contributed by atoms with Gasteiger partial charge in [0.2, 0.25) is 5.75 Å². The molecule has 1 aromatic carbocycles. The van der Waals surface area contributed by atoms with Crippen LogP contribution in [-0.2, 0) is 6.54 Å².